The first-order valence-corrected chi connectivity index (χ1v) is 9.09. The summed E-state index contributed by atoms with van der Waals surface area (Å²) >= 11 is 0. The molecule has 0 bridgehead atoms. The van der Waals surface area contributed by atoms with Gasteiger partial charge in [0.2, 0.25) is 5.91 Å². The second-order valence-electron chi connectivity index (χ2n) is 8.26. The summed E-state index contributed by atoms with van der Waals surface area (Å²) < 4.78 is 0. The zero-order valence-corrected chi connectivity index (χ0v) is 17.1. The van der Waals surface area contributed by atoms with Crippen LogP contribution in [0, 0.1) is 5.92 Å². The molecule has 1 atom stereocenters. The van der Waals surface area contributed by atoms with Crippen LogP contribution in [0.5, 0.6) is 0 Å². The van der Waals surface area contributed by atoms with E-state index in [1.807, 2.05) is 26.2 Å². The molecule has 0 saturated carbocycles. The number of benzene rings is 1. The van der Waals surface area contributed by atoms with E-state index in [2.05, 4.69) is 17.0 Å². The third-order valence-corrected chi connectivity index (χ3v) is 3.90. The Hall–Kier alpha value is -1.47. The summed E-state index contributed by atoms with van der Waals surface area (Å²) in [6.45, 7) is 8.46. The van der Waals surface area contributed by atoms with Gasteiger partial charge in [-0.1, -0.05) is 24.3 Å². The number of hydrogen-bond donors (Lipinski definition) is 2. The van der Waals surface area contributed by atoms with Gasteiger partial charge in [-0.25, -0.2) is 0 Å². The van der Waals surface area contributed by atoms with Crippen LogP contribution in [-0.4, -0.2) is 70.9 Å². The zero-order chi connectivity index (χ0) is 19.9. The lowest BCUT2D eigenvalue weighted by Gasteiger charge is -2.18. The maximum absolute atomic E-state index is 12.0. The second kappa shape index (κ2) is 10.0. The molecule has 1 fully saturated rings. The van der Waals surface area contributed by atoms with Crippen molar-refractivity contribution in [3.05, 3.63) is 35.4 Å². The number of hydrogen-bond acceptors (Lipinski definition) is 5. The van der Waals surface area contributed by atoms with Crippen molar-refractivity contribution in [3.8, 4) is 0 Å². The average Bonchev–Trinajstić information content (AvgIpc) is 2.94. The molecule has 1 saturated heterocycles. The van der Waals surface area contributed by atoms with Gasteiger partial charge in [0.05, 0.1) is 11.5 Å². The molecule has 1 unspecified atom stereocenters. The van der Waals surface area contributed by atoms with Crippen molar-refractivity contribution in [1.29, 1.82) is 0 Å². The van der Waals surface area contributed by atoms with Gasteiger partial charge in [-0.15, -0.1) is 0 Å². The Balaban J connectivity index is 0.000000597. The molecule has 1 aromatic rings. The SMILES string of the molecule is CC(C)(C)O.CN(O)Cc1ccc(CN2CCC(C(=O)N(C)C)C2)cc1. The Kier molecular flexibility index (Phi) is 8.70. The van der Waals surface area contributed by atoms with Crippen LogP contribution in [0.25, 0.3) is 0 Å². The number of likely N-dealkylation sites (tertiary alicyclic amines) is 1. The first-order valence-electron chi connectivity index (χ1n) is 9.09. The minimum Gasteiger partial charge on any atom is -0.391 e. The predicted octanol–water partition coefficient (Wildman–Crippen LogP) is 2.19. The first-order chi connectivity index (χ1) is 12.0. The second-order valence-corrected chi connectivity index (χ2v) is 8.26. The fourth-order valence-electron chi connectivity index (χ4n) is 2.82. The Morgan fingerprint density at radius 2 is 1.65 bits per heavy atom. The zero-order valence-electron chi connectivity index (χ0n) is 17.1. The number of amides is 1. The van der Waals surface area contributed by atoms with E-state index < -0.39 is 5.60 Å². The quantitative estimate of drug-likeness (QED) is 0.783. The maximum Gasteiger partial charge on any atom is 0.226 e. The highest BCUT2D eigenvalue weighted by Crippen LogP contribution is 2.20. The number of aliphatic hydroxyl groups is 1. The van der Waals surface area contributed by atoms with Gasteiger partial charge in [-0.05, 0) is 44.9 Å². The van der Waals surface area contributed by atoms with E-state index in [4.69, 9.17) is 5.11 Å². The molecule has 1 aliphatic heterocycles. The number of hydroxylamine groups is 2. The Morgan fingerprint density at radius 1 is 1.15 bits per heavy atom. The molecule has 1 amide bonds. The standard InChI is InChI=1S/C16H25N3O2.C4H10O/c1-17(2)16(20)15-8-9-19(12-15)11-14-6-4-13(5-7-14)10-18(3)21;1-4(2,3)5/h4-7,15,21H,8-12H2,1-3H3;5H,1-3H3. The average molecular weight is 366 g/mol. The van der Waals surface area contributed by atoms with Crippen LogP contribution in [-0.2, 0) is 17.9 Å². The smallest absolute Gasteiger partial charge is 0.226 e. The molecule has 1 aliphatic rings. The third kappa shape index (κ3) is 9.29. The summed E-state index contributed by atoms with van der Waals surface area (Å²) in [6, 6.07) is 8.28. The van der Waals surface area contributed by atoms with Crippen molar-refractivity contribution in [3.63, 3.8) is 0 Å². The van der Waals surface area contributed by atoms with Gasteiger partial charge in [-0.3, -0.25) is 9.69 Å². The van der Waals surface area contributed by atoms with Crippen molar-refractivity contribution in [1.82, 2.24) is 14.9 Å². The van der Waals surface area contributed by atoms with Gasteiger partial charge in [0.15, 0.2) is 0 Å². The first kappa shape index (κ1) is 22.6. The summed E-state index contributed by atoms with van der Waals surface area (Å²) in [5, 5.41) is 18.9. The lowest BCUT2D eigenvalue weighted by Crippen LogP contribution is -2.31. The molecule has 2 N–H and O–H groups in total. The minimum atomic E-state index is -0.500. The maximum atomic E-state index is 12.0. The van der Waals surface area contributed by atoms with Gasteiger partial charge in [0.1, 0.15) is 0 Å². The van der Waals surface area contributed by atoms with Crippen LogP contribution in [0.4, 0.5) is 0 Å². The Labute approximate surface area is 158 Å². The molecular formula is C20H35N3O3. The van der Waals surface area contributed by atoms with Gasteiger partial charge in [0.25, 0.3) is 0 Å². The van der Waals surface area contributed by atoms with Crippen LogP contribution in [0.15, 0.2) is 24.3 Å². The van der Waals surface area contributed by atoms with Crippen molar-refractivity contribution < 1.29 is 15.1 Å². The van der Waals surface area contributed by atoms with Crippen LogP contribution in [0.3, 0.4) is 0 Å². The van der Waals surface area contributed by atoms with Gasteiger partial charge in [-0.2, -0.15) is 5.06 Å². The molecule has 2 rings (SSSR count). The van der Waals surface area contributed by atoms with E-state index in [1.165, 1.54) is 10.6 Å². The Bertz CT molecular complexity index is 544. The van der Waals surface area contributed by atoms with Crippen molar-refractivity contribution >= 4 is 5.91 Å². The highest BCUT2D eigenvalue weighted by molar-refractivity contribution is 5.78. The summed E-state index contributed by atoms with van der Waals surface area (Å²) in [6.07, 6.45) is 0.949. The molecule has 0 radical (unpaired) electrons. The molecule has 6 nitrogen and oxygen atoms in total. The van der Waals surface area contributed by atoms with E-state index in [0.717, 1.165) is 31.6 Å². The number of carbonyl (C=O) groups excluding carboxylic acids is 1. The Morgan fingerprint density at radius 3 is 2.12 bits per heavy atom. The summed E-state index contributed by atoms with van der Waals surface area (Å²) in [4.78, 5) is 16.0. The third-order valence-electron chi connectivity index (χ3n) is 3.90. The number of nitrogens with zero attached hydrogens (tertiary/aromatic N) is 3. The predicted molar refractivity (Wildman–Crippen MR) is 104 cm³/mol. The molecule has 0 aliphatic carbocycles. The van der Waals surface area contributed by atoms with Gasteiger partial charge in [0, 0.05) is 40.8 Å². The van der Waals surface area contributed by atoms with Crippen molar-refractivity contribution in [2.45, 2.75) is 45.9 Å². The van der Waals surface area contributed by atoms with Crippen LogP contribution < -0.4 is 0 Å². The van der Waals surface area contributed by atoms with Gasteiger partial charge < -0.3 is 15.2 Å². The minimum absolute atomic E-state index is 0.141. The van der Waals surface area contributed by atoms with Crippen LogP contribution >= 0.6 is 0 Å². The lowest BCUT2D eigenvalue weighted by atomic mass is 10.1. The molecular weight excluding hydrogens is 330 g/mol. The largest absolute Gasteiger partial charge is 0.391 e. The highest BCUT2D eigenvalue weighted by Gasteiger charge is 2.29. The molecule has 0 aromatic heterocycles. The normalized spacial score (nSPS) is 17.8. The number of rotatable bonds is 5. The van der Waals surface area contributed by atoms with E-state index in [0.29, 0.717) is 6.54 Å². The summed E-state index contributed by atoms with van der Waals surface area (Å²) in [5.41, 5.74) is 1.84. The van der Waals surface area contributed by atoms with Gasteiger partial charge >= 0.3 is 0 Å². The molecule has 1 aromatic carbocycles. The highest BCUT2D eigenvalue weighted by atomic mass is 16.5. The van der Waals surface area contributed by atoms with E-state index >= 15 is 0 Å². The molecule has 26 heavy (non-hydrogen) atoms. The topological polar surface area (TPSA) is 67.2 Å². The van der Waals surface area contributed by atoms with E-state index in [1.54, 1.807) is 32.7 Å². The van der Waals surface area contributed by atoms with E-state index in [-0.39, 0.29) is 11.8 Å². The molecule has 6 heteroatoms. The molecule has 0 spiro atoms. The van der Waals surface area contributed by atoms with Crippen LogP contribution in [0.2, 0.25) is 0 Å². The van der Waals surface area contributed by atoms with Crippen molar-refractivity contribution in [2.24, 2.45) is 5.92 Å². The molecule has 1 heterocycles. The van der Waals surface area contributed by atoms with Crippen LogP contribution in [0.1, 0.15) is 38.3 Å². The number of carbonyl (C=O) groups is 1. The fourth-order valence-corrected chi connectivity index (χ4v) is 2.82. The monoisotopic (exact) mass is 365 g/mol. The van der Waals surface area contributed by atoms with Crippen molar-refractivity contribution in [2.75, 3.05) is 34.2 Å². The van der Waals surface area contributed by atoms with E-state index in [9.17, 15) is 10.0 Å². The summed E-state index contributed by atoms with van der Waals surface area (Å²) in [7, 11) is 5.28. The lowest BCUT2D eigenvalue weighted by molar-refractivity contribution is -0.132. The fraction of sp³-hybridized carbons (Fsp3) is 0.650. The summed E-state index contributed by atoms with van der Waals surface area (Å²) in [5.74, 6) is 0.376. The molecule has 148 valence electrons.